The minimum absolute atomic E-state index is 0.350. The Balaban J connectivity index is 2.34. The van der Waals surface area contributed by atoms with Gasteiger partial charge in [0.1, 0.15) is 10.7 Å². The summed E-state index contributed by atoms with van der Waals surface area (Å²) >= 11 is 0. The molecule has 0 fully saturated rings. The molecule has 0 aliphatic carbocycles. The van der Waals surface area contributed by atoms with E-state index in [0.29, 0.717) is 6.61 Å². The van der Waals surface area contributed by atoms with Crippen LogP contribution in [-0.2, 0) is 4.74 Å². The molecule has 0 bridgehead atoms. The maximum Gasteiger partial charge on any atom is 0.212 e. The summed E-state index contributed by atoms with van der Waals surface area (Å²) in [5, 5.41) is 14.0. The van der Waals surface area contributed by atoms with Crippen LogP contribution >= 0.6 is 10.7 Å². The van der Waals surface area contributed by atoms with Crippen molar-refractivity contribution < 1.29 is 9.84 Å². The molecular weight excluding hydrogens is 258 g/mol. The molecule has 2 aromatic carbocycles. The molecular formula is C15H13NO2S. The first kappa shape index (κ1) is 12.0. The average Bonchev–Trinajstić information content (AvgIpc) is 2.75. The molecule has 1 heterocycles. The molecule has 0 radical (unpaired) electrons. The monoisotopic (exact) mass is 271 g/mol. The van der Waals surface area contributed by atoms with Gasteiger partial charge in [0.25, 0.3) is 0 Å². The summed E-state index contributed by atoms with van der Waals surface area (Å²) in [7, 11) is -0.558. The number of rotatable bonds is 2. The first-order valence-corrected chi connectivity index (χ1v) is 7.30. The lowest BCUT2D eigenvalue weighted by molar-refractivity contribution is -0.249. The van der Waals surface area contributed by atoms with Crippen LogP contribution in [0.2, 0.25) is 0 Å². The van der Waals surface area contributed by atoms with E-state index >= 15 is 0 Å². The fourth-order valence-electron chi connectivity index (χ4n) is 2.16. The van der Waals surface area contributed by atoms with E-state index in [2.05, 4.69) is 16.5 Å². The molecule has 3 aromatic rings. The van der Waals surface area contributed by atoms with Crippen LogP contribution < -0.4 is 5.11 Å². The zero-order chi connectivity index (χ0) is 13.2. The number of hydrogen-bond acceptors (Lipinski definition) is 3. The zero-order valence-electron chi connectivity index (χ0n) is 10.5. The number of benzene rings is 2. The van der Waals surface area contributed by atoms with E-state index in [1.54, 1.807) is 6.92 Å². The zero-order valence-corrected chi connectivity index (χ0v) is 11.3. The van der Waals surface area contributed by atoms with Gasteiger partial charge in [-0.15, -0.1) is 0 Å². The van der Waals surface area contributed by atoms with Gasteiger partial charge in [-0.2, -0.15) is 0 Å². The highest BCUT2D eigenvalue weighted by Crippen LogP contribution is 2.43. The largest absolute Gasteiger partial charge is 0.597 e. The highest BCUT2D eigenvalue weighted by molar-refractivity contribution is 7.42. The Morgan fingerprint density at radius 1 is 1.05 bits per heavy atom. The molecule has 19 heavy (non-hydrogen) atoms. The number of nitrogens with zero attached hydrogens (tertiary/aromatic N) is 1. The minimum Gasteiger partial charge on any atom is -0.597 e. The van der Waals surface area contributed by atoms with Crippen LogP contribution in [0, 0.1) is 0 Å². The van der Waals surface area contributed by atoms with Crippen molar-refractivity contribution in [2.45, 2.75) is 6.92 Å². The van der Waals surface area contributed by atoms with E-state index in [1.165, 1.54) is 0 Å². The number of fused-ring (bicyclic) bond motifs is 3. The molecule has 96 valence electrons. The molecule has 0 aliphatic rings. The van der Waals surface area contributed by atoms with E-state index in [1.807, 2.05) is 36.4 Å². The van der Waals surface area contributed by atoms with Crippen molar-refractivity contribution in [2.24, 2.45) is 4.40 Å². The summed E-state index contributed by atoms with van der Waals surface area (Å²) in [6.45, 7) is 2.13. The van der Waals surface area contributed by atoms with Gasteiger partial charge in [0.05, 0.1) is 0 Å². The third-order valence-electron chi connectivity index (χ3n) is 2.91. The Bertz CT molecular complexity index is 708. The van der Waals surface area contributed by atoms with Crippen molar-refractivity contribution in [3.05, 3.63) is 48.5 Å². The second kappa shape index (κ2) is 4.90. The molecule has 4 heteroatoms. The maximum atomic E-state index is 11.6. The quantitative estimate of drug-likeness (QED) is 0.408. The van der Waals surface area contributed by atoms with E-state index in [0.717, 1.165) is 20.2 Å². The molecule has 0 unspecified atom stereocenters. The maximum absolute atomic E-state index is 11.6. The third kappa shape index (κ3) is 2.04. The molecule has 0 saturated heterocycles. The van der Waals surface area contributed by atoms with Gasteiger partial charge in [-0.05, 0) is 23.1 Å². The summed E-state index contributed by atoms with van der Waals surface area (Å²) in [5.74, 6) is 0. The molecule has 0 saturated carbocycles. The van der Waals surface area contributed by atoms with Crippen molar-refractivity contribution in [3.8, 4) is 0 Å². The van der Waals surface area contributed by atoms with Gasteiger partial charge in [0.15, 0.2) is 0 Å². The van der Waals surface area contributed by atoms with Gasteiger partial charge in [-0.25, -0.2) is 0 Å². The van der Waals surface area contributed by atoms with Gasteiger partial charge in [-0.1, -0.05) is 31.2 Å². The van der Waals surface area contributed by atoms with Gasteiger partial charge in [-0.3, -0.25) is 0 Å². The van der Waals surface area contributed by atoms with Crippen LogP contribution in [0.5, 0.6) is 0 Å². The second-order valence-corrected chi connectivity index (χ2v) is 5.70. The SMILES string of the molecule is CCO/C([O-])=N/[s+]1c2ccccc2c2ccccc21. The third-order valence-corrected chi connectivity index (χ3v) is 4.79. The van der Waals surface area contributed by atoms with Gasteiger partial charge in [0.2, 0.25) is 15.5 Å². The fraction of sp³-hybridized carbons (Fsp3) is 0.133. The van der Waals surface area contributed by atoms with Crippen molar-refractivity contribution in [3.63, 3.8) is 0 Å². The summed E-state index contributed by atoms with van der Waals surface area (Å²) in [4.78, 5) is 0. The van der Waals surface area contributed by atoms with E-state index in [4.69, 9.17) is 4.74 Å². The van der Waals surface area contributed by atoms with Crippen LogP contribution in [0.15, 0.2) is 52.9 Å². The lowest BCUT2D eigenvalue weighted by Gasteiger charge is -2.06. The topological polar surface area (TPSA) is 44.6 Å². The van der Waals surface area contributed by atoms with E-state index < -0.39 is 16.7 Å². The van der Waals surface area contributed by atoms with Crippen LogP contribution in [0.1, 0.15) is 6.92 Å². The Hall–Kier alpha value is -2.07. The summed E-state index contributed by atoms with van der Waals surface area (Å²) in [6, 6.07) is 16.2. The van der Waals surface area contributed by atoms with Crippen molar-refractivity contribution in [1.29, 1.82) is 0 Å². The van der Waals surface area contributed by atoms with Crippen molar-refractivity contribution in [2.75, 3.05) is 6.61 Å². The Morgan fingerprint density at radius 2 is 1.58 bits per heavy atom. The minimum atomic E-state index is -0.558. The molecule has 3 rings (SSSR count). The lowest BCUT2D eigenvalue weighted by Crippen LogP contribution is -2.20. The van der Waals surface area contributed by atoms with Crippen LogP contribution in [0.4, 0.5) is 0 Å². The number of ether oxygens (including phenoxy) is 1. The summed E-state index contributed by atoms with van der Waals surface area (Å²) in [5.41, 5.74) is 0. The smallest absolute Gasteiger partial charge is 0.212 e. The first-order valence-electron chi connectivity index (χ1n) is 6.12. The molecule has 0 spiro atoms. The van der Waals surface area contributed by atoms with Crippen molar-refractivity contribution in [1.82, 2.24) is 0 Å². The molecule has 0 aliphatic heterocycles. The highest BCUT2D eigenvalue weighted by Gasteiger charge is 2.20. The van der Waals surface area contributed by atoms with E-state index in [9.17, 15) is 5.11 Å². The van der Waals surface area contributed by atoms with Gasteiger partial charge < -0.3 is 9.84 Å². The van der Waals surface area contributed by atoms with Gasteiger partial charge in [0, 0.05) is 22.9 Å². The predicted octanol–water partition coefficient (Wildman–Crippen LogP) is 3.26. The summed E-state index contributed by atoms with van der Waals surface area (Å²) < 4.78 is 11.3. The van der Waals surface area contributed by atoms with E-state index in [-0.39, 0.29) is 0 Å². The molecule has 0 atom stereocenters. The Morgan fingerprint density at radius 3 is 2.11 bits per heavy atom. The number of hydrogen-bond donors (Lipinski definition) is 0. The van der Waals surface area contributed by atoms with Gasteiger partial charge >= 0.3 is 0 Å². The molecule has 0 N–H and O–H groups in total. The normalized spacial score (nSPS) is 12.2. The summed E-state index contributed by atoms with van der Waals surface area (Å²) in [6.07, 6.45) is -0.489. The fourth-order valence-corrected chi connectivity index (χ4v) is 3.98. The van der Waals surface area contributed by atoms with Crippen molar-refractivity contribution >= 4 is 36.9 Å². The Labute approximate surface area is 113 Å². The first-order chi connectivity index (χ1) is 9.31. The molecule has 0 amide bonds. The lowest BCUT2D eigenvalue weighted by atomic mass is 10.2. The second-order valence-electron chi connectivity index (χ2n) is 4.07. The molecule has 1 aromatic heterocycles. The number of thiophene rings is 1. The van der Waals surface area contributed by atoms with Crippen LogP contribution in [0.3, 0.4) is 0 Å². The Kier molecular flexibility index (Phi) is 3.09. The van der Waals surface area contributed by atoms with Crippen LogP contribution in [-0.4, -0.2) is 12.7 Å². The average molecular weight is 271 g/mol. The standard InChI is InChI=1S/C15H13NO2S/c1-2-18-15(17)16-19-13-9-5-3-7-11(13)12-8-4-6-10-14(12)19/h3-10H,2H2,1H3. The highest BCUT2D eigenvalue weighted by atomic mass is 32.2. The predicted molar refractivity (Wildman–Crippen MR) is 78.4 cm³/mol. The molecule has 3 nitrogen and oxygen atoms in total. The van der Waals surface area contributed by atoms with Crippen LogP contribution in [0.25, 0.3) is 20.2 Å².